The molecule has 5 nitrogen and oxygen atoms in total. The Balaban J connectivity index is 1.32. The third-order valence-corrected chi connectivity index (χ3v) is 7.53. The van der Waals surface area contributed by atoms with Crippen molar-refractivity contribution in [3.05, 3.63) is 120 Å². The van der Waals surface area contributed by atoms with Gasteiger partial charge in [-0.3, -0.25) is 9.29 Å². The molecule has 0 radical (unpaired) electrons. The molecular weight excluding hydrogens is 454 g/mol. The summed E-state index contributed by atoms with van der Waals surface area (Å²) < 4.78 is 30.4. The van der Waals surface area contributed by atoms with E-state index in [1.807, 2.05) is 79.7 Å². The highest BCUT2D eigenvalue weighted by Crippen LogP contribution is 2.23. The zero-order valence-corrected chi connectivity index (χ0v) is 20.4. The summed E-state index contributed by atoms with van der Waals surface area (Å²) in [4.78, 5) is 5.15. The minimum Gasteiger partial charge on any atom is -0.296 e. The molecule has 1 N–H and O–H groups in total. The van der Waals surface area contributed by atoms with Gasteiger partial charge in [0, 0.05) is 17.8 Å². The summed E-state index contributed by atoms with van der Waals surface area (Å²) in [5.41, 5.74) is 5.92. The Hall–Kier alpha value is -3.90. The summed E-state index contributed by atoms with van der Waals surface area (Å²) >= 11 is 0. The molecule has 0 spiro atoms. The first-order valence-corrected chi connectivity index (χ1v) is 13.2. The second-order valence-electron chi connectivity index (χ2n) is 8.49. The maximum atomic E-state index is 12.7. The van der Waals surface area contributed by atoms with E-state index in [0.717, 1.165) is 52.9 Å². The van der Waals surface area contributed by atoms with Crippen LogP contribution >= 0.6 is 0 Å². The first-order chi connectivity index (χ1) is 17.0. The first-order valence-electron chi connectivity index (χ1n) is 11.8. The largest absolute Gasteiger partial charge is 0.296 e. The third kappa shape index (κ3) is 4.98. The lowest BCUT2D eigenvalue weighted by atomic mass is 10.1. The van der Waals surface area contributed by atoms with Gasteiger partial charge in [-0.15, -0.1) is 0 Å². The molecule has 1 heterocycles. The highest BCUT2D eigenvalue weighted by molar-refractivity contribution is 7.92. The molecule has 0 fully saturated rings. The molecule has 0 aliphatic heterocycles. The van der Waals surface area contributed by atoms with Crippen LogP contribution in [0.5, 0.6) is 0 Å². The number of sulfonamides is 1. The van der Waals surface area contributed by atoms with Crippen LogP contribution in [-0.2, 0) is 29.3 Å². The SMILES string of the molecule is CCc1ccc(S(=O)(=O)Nc2ccc(CCc3nc4ccccc4n3-c3ccccc3)cc2)cc1. The normalized spacial score (nSPS) is 11.6. The number of aromatic nitrogens is 2. The van der Waals surface area contributed by atoms with Gasteiger partial charge >= 0.3 is 0 Å². The van der Waals surface area contributed by atoms with Crippen LogP contribution in [0.4, 0.5) is 5.69 Å². The second-order valence-corrected chi connectivity index (χ2v) is 10.2. The van der Waals surface area contributed by atoms with E-state index in [2.05, 4.69) is 27.5 Å². The number of nitrogens with one attached hydrogen (secondary N) is 1. The number of nitrogens with zero attached hydrogens (tertiary/aromatic N) is 2. The molecule has 0 aliphatic carbocycles. The van der Waals surface area contributed by atoms with Crippen LogP contribution in [0.2, 0.25) is 0 Å². The lowest BCUT2D eigenvalue weighted by Gasteiger charge is -2.11. The number of imidazole rings is 1. The molecule has 5 rings (SSSR count). The monoisotopic (exact) mass is 481 g/mol. The molecule has 0 bridgehead atoms. The van der Waals surface area contributed by atoms with E-state index >= 15 is 0 Å². The third-order valence-electron chi connectivity index (χ3n) is 6.13. The lowest BCUT2D eigenvalue weighted by molar-refractivity contribution is 0.601. The molecule has 1 aromatic heterocycles. The van der Waals surface area contributed by atoms with E-state index in [9.17, 15) is 8.42 Å². The lowest BCUT2D eigenvalue weighted by Crippen LogP contribution is -2.13. The van der Waals surface area contributed by atoms with E-state index in [-0.39, 0.29) is 4.90 Å². The first kappa shape index (κ1) is 22.9. The molecule has 6 heteroatoms. The van der Waals surface area contributed by atoms with Crippen LogP contribution in [0, 0.1) is 0 Å². The van der Waals surface area contributed by atoms with Crippen molar-refractivity contribution in [3.63, 3.8) is 0 Å². The zero-order valence-electron chi connectivity index (χ0n) is 19.6. The average Bonchev–Trinajstić information content (AvgIpc) is 3.27. The van der Waals surface area contributed by atoms with E-state index in [0.29, 0.717) is 5.69 Å². The van der Waals surface area contributed by atoms with Gasteiger partial charge in [0.2, 0.25) is 0 Å². The van der Waals surface area contributed by atoms with Crippen molar-refractivity contribution >= 4 is 26.7 Å². The maximum Gasteiger partial charge on any atom is 0.261 e. The van der Waals surface area contributed by atoms with E-state index in [1.165, 1.54) is 0 Å². The van der Waals surface area contributed by atoms with E-state index in [4.69, 9.17) is 4.98 Å². The van der Waals surface area contributed by atoms with Crippen molar-refractivity contribution in [3.8, 4) is 5.69 Å². The molecule has 35 heavy (non-hydrogen) atoms. The number of fused-ring (bicyclic) bond motifs is 1. The highest BCUT2D eigenvalue weighted by Gasteiger charge is 2.15. The van der Waals surface area contributed by atoms with Crippen LogP contribution in [0.25, 0.3) is 16.7 Å². The molecule has 176 valence electrons. The van der Waals surface area contributed by atoms with Crippen molar-refractivity contribution in [2.24, 2.45) is 0 Å². The maximum absolute atomic E-state index is 12.7. The summed E-state index contributed by atoms with van der Waals surface area (Å²) in [6.07, 6.45) is 2.43. The molecule has 0 saturated carbocycles. The second kappa shape index (κ2) is 9.76. The number of hydrogen-bond acceptors (Lipinski definition) is 3. The minimum absolute atomic E-state index is 0.263. The number of anilines is 1. The quantitative estimate of drug-likeness (QED) is 0.288. The van der Waals surface area contributed by atoms with Crippen molar-refractivity contribution in [1.82, 2.24) is 9.55 Å². The number of aryl methyl sites for hydroxylation is 3. The number of para-hydroxylation sites is 3. The molecule has 0 atom stereocenters. The standard InChI is InChI=1S/C29H27N3O2S/c1-2-22-14-19-26(20-15-22)35(33,34)31-24-17-12-23(13-18-24)16-21-29-30-27-10-6-7-11-28(27)32(29)25-8-4-3-5-9-25/h3-15,17-20,31H,2,16,21H2,1H3. The Kier molecular flexibility index (Phi) is 6.38. The van der Waals surface area contributed by atoms with Crippen molar-refractivity contribution in [1.29, 1.82) is 0 Å². The van der Waals surface area contributed by atoms with Crippen LogP contribution < -0.4 is 4.72 Å². The number of rotatable bonds is 8. The van der Waals surface area contributed by atoms with Gasteiger partial charge in [0.15, 0.2) is 0 Å². The molecule has 0 unspecified atom stereocenters. The molecule has 5 aromatic rings. The predicted molar refractivity (Wildman–Crippen MR) is 142 cm³/mol. The number of hydrogen-bond donors (Lipinski definition) is 1. The fourth-order valence-electron chi connectivity index (χ4n) is 4.22. The number of benzene rings is 4. The Morgan fingerprint density at radius 2 is 1.40 bits per heavy atom. The average molecular weight is 482 g/mol. The zero-order chi connectivity index (χ0) is 24.3. The molecular formula is C29H27N3O2S. The Morgan fingerprint density at radius 3 is 2.11 bits per heavy atom. The topological polar surface area (TPSA) is 64.0 Å². The predicted octanol–water partition coefficient (Wildman–Crippen LogP) is 6.17. The minimum atomic E-state index is -3.62. The summed E-state index contributed by atoms with van der Waals surface area (Å²) in [5.74, 6) is 0.998. The van der Waals surface area contributed by atoms with Gasteiger partial charge in [-0.25, -0.2) is 13.4 Å². The van der Waals surface area contributed by atoms with Crippen LogP contribution in [0.1, 0.15) is 23.9 Å². The van der Waals surface area contributed by atoms with Crippen LogP contribution in [-0.4, -0.2) is 18.0 Å². The van der Waals surface area contributed by atoms with Crippen LogP contribution in [0.15, 0.2) is 108 Å². The van der Waals surface area contributed by atoms with Gasteiger partial charge < -0.3 is 0 Å². The van der Waals surface area contributed by atoms with E-state index in [1.54, 1.807) is 12.1 Å². The van der Waals surface area contributed by atoms with Crippen molar-refractivity contribution in [2.75, 3.05) is 4.72 Å². The fraction of sp³-hybridized carbons (Fsp3) is 0.138. The van der Waals surface area contributed by atoms with Gasteiger partial charge in [0.25, 0.3) is 10.0 Å². The Morgan fingerprint density at radius 1 is 0.743 bits per heavy atom. The molecule has 4 aromatic carbocycles. The summed E-state index contributed by atoms with van der Waals surface area (Å²) in [5, 5.41) is 0. The van der Waals surface area contributed by atoms with Crippen molar-refractivity contribution in [2.45, 2.75) is 31.1 Å². The smallest absolute Gasteiger partial charge is 0.261 e. The summed E-state index contributed by atoms with van der Waals surface area (Å²) in [7, 11) is -3.62. The van der Waals surface area contributed by atoms with E-state index < -0.39 is 10.0 Å². The molecule has 0 aliphatic rings. The molecule has 0 amide bonds. The molecule has 0 saturated heterocycles. The van der Waals surface area contributed by atoms with Gasteiger partial charge in [-0.1, -0.05) is 61.5 Å². The van der Waals surface area contributed by atoms with Gasteiger partial charge in [-0.2, -0.15) is 0 Å². The Labute approximate surface area is 206 Å². The fourth-order valence-corrected chi connectivity index (χ4v) is 5.28. The summed E-state index contributed by atoms with van der Waals surface area (Å²) in [6, 6.07) is 33.0. The summed E-state index contributed by atoms with van der Waals surface area (Å²) in [6.45, 7) is 2.04. The van der Waals surface area contributed by atoms with Gasteiger partial charge in [0.05, 0.1) is 15.9 Å². The Bertz CT molecular complexity index is 1540. The highest BCUT2D eigenvalue weighted by atomic mass is 32.2. The van der Waals surface area contributed by atoms with Gasteiger partial charge in [0.1, 0.15) is 5.82 Å². The van der Waals surface area contributed by atoms with Crippen molar-refractivity contribution < 1.29 is 8.42 Å². The van der Waals surface area contributed by atoms with Crippen LogP contribution in [0.3, 0.4) is 0 Å². The van der Waals surface area contributed by atoms with Gasteiger partial charge in [-0.05, 0) is 72.5 Å².